The first kappa shape index (κ1) is 25.5. The van der Waals surface area contributed by atoms with Crippen LogP contribution in [-0.2, 0) is 6.42 Å². The molecule has 0 aliphatic rings. The summed E-state index contributed by atoms with van der Waals surface area (Å²) in [4.78, 5) is 13.6. The number of hydrogen-bond acceptors (Lipinski definition) is 8. The molecular formula is C27H26FN3O6. The van der Waals surface area contributed by atoms with Gasteiger partial charge in [-0.15, -0.1) is 5.10 Å². The minimum Gasteiger partial charge on any atom is -0.507 e. The minimum absolute atomic E-state index is 0.112. The van der Waals surface area contributed by atoms with Crippen LogP contribution >= 0.6 is 0 Å². The third kappa shape index (κ3) is 5.32. The number of halogens is 1. The van der Waals surface area contributed by atoms with E-state index in [-0.39, 0.29) is 23.5 Å². The lowest BCUT2D eigenvalue weighted by Crippen LogP contribution is -2.16. The molecule has 0 spiro atoms. The number of nitrogens with zero attached hydrogens (tertiary/aromatic N) is 3. The van der Waals surface area contributed by atoms with Crippen molar-refractivity contribution in [2.24, 2.45) is 0 Å². The molecule has 0 saturated carbocycles. The average Bonchev–Trinajstić information content (AvgIpc) is 3.39. The number of rotatable bonds is 10. The van der Waals surface area contributed by atoms with E-state index in [9.17, 15) is 14.3 Å². The molecule has 0 saturated heterocycles. The summed E-state index contributed by atoms with van der Waals surface area (Å²) in [6.07, 6.45) is 1.79. The van der Waals surface area contributed by atoms with Crippen molar-refractivity contribution < 1.29 is 33.2 Å². The van der Waals surface area contributed by atoms with Gasteiger partial charge in [0.15, 0.2) is 23.0 Å². The van der Waals surface area contributed by atoms with Crippen LogP contribution in [0.1, 0.15) is 27.5 Å². The van der Waals surface area contributed by atoms with Gasteiger partial charge in [0.1, 0.15) is 23.1 Å². The molecule has 4 rings (SSSR count). The van der Waals surface area contributed by atoms with Gasteiger partial charge in [-0.05, 0) is 29.8 Å². The number of ketones is 1. The van der Waals surface area contributed by atoms with E-state index >= 15 is 0 Å². The maximum atomic E-state index is 13.6. The number of Topliss-reactive ketones (excluding diaryl/α,β-unsaturated/α-hetero) is 1. The van der Waals surface area contributed by atoms with E-state index in [1.54, 1.807) is 36.5 Å². The molecular weight excluding hydrogens is 481 g/mol. The zero-order valence-electron chi connectivity index (χ0n) is 20.8. The fourth-order valence-corrected chi connectivity index (χ4v) is 4.01. The molecule has 10 heteroatoms. The Hall–Kier alpha value is -4.60. The predicted octanol–water partition coefficient (Wildman–Crippen LogP) is 4.36. The van der Waals surface area contributed by atoms with E-state index < -0.39 is 11.7 Å². The van der Waals surface area contributed by atoms with E-state index in [2.05, 4.69) is 10.3 Å². The van der Waals surface area contributed by atoms with Crippen molar-refractivity contribution in [3.63, 3.8) is 0 Å². The van der Waals surface area contributed by atoms with Gasteiger partial charge in [0.2, 0.25) is 0 Å². The highest BCUT2D eigenvalue weighted by Gasteiger charge is 2.27. The molecule has 0 bridgehead atoms. The second-order valence-corrected chi connectivity index (χ2v) is 8.09. The molecule has 0 amide bonds. The molecule has 1 heterocycles. The summed E-state index contributed by atoms with van der Waals surface area (Å²) in [6.45, 7) is 0. The molecule has 0 aliphatic heterocycles. The lowest BCUT2D eigenvalue weighted by Gasteiger charge is -2.17. The number of phenolic OH excluding ortho intramolecular Hbond substituents is 1. The Morgan fingerprint density at radius 3 is 2.14 bits per heavy atom. The zero-order valence-corrected chi connectivity index (χ0v) is 20.8. The molecule has 1 N–H and O–H groups in total. The highest BCUT2D eigenvalue weighted by Crippen LogP contribution is 2.37. The monoisotopic (exact) mass is 507 g/mol. The van der Waals surface area contributed by atoms with Gasteiger partial charge in [0.05, 0.1) is 51.8 Å². The Kier molecular flexibility index (Phi) is 7.57. The van der Waals surface area contributed by atoms with Crippen LogP contribution in [-0.4, -0.2) is 54.3 Å². The van der Waals surface area contributed by atoms with Gasteiger partial charge >= 0.3 is 0 Å². The number of hydrogen-bond donors (Lipinski definition) is 1. The SMILES string of the molecule is COc1ccc(C(=O)C(Cc2cn(-c3c(OC)cc(OC)cc3OC)nn2)c2ccc(F)cc2)c(O)c1. The predicted molar refractivity (Wildman–Crippen MR) is 133 cm³/mol. The second-order valence-electron chi connectivity index (χ2n) is 8.09. The van der Waals surface area contributed by atoms with Crippen LogP contribution < -0.4 is 18.9 Å². The molecule has 192 valence electrons. The first-order valence-corrected chi connectivity index (χ1v) is 11.3. The first-order chi connectivity index (χ1) is 17.9. The lowest BCUT2D eigenvalue weighted by atomic mass is 9.86. The van der Waals surface area contributed by atoms with Crippen LogP contribution in [0.3, 0.4) is 0 Å². The number of ether oxygens (including phenoxy) is 4. The van der Waals surface area contributed by atoms with Crippen LogP contribution in [0.15, 0.2) is 60.8 Å². The molecule has 1 unspecified atom stereocenters. The van der Waals surface area contributed by atoms with Crippen LogP contribution in [0, 0.1) is 5.82 Å². The summed E-state index contributed by atoms with van der Waals surface area (Å²) in [6, 6.07) is 13.5. The van der Waals surface area contributed by atoms with E-state index in [1.807, 2.05) is 0 Å². The van der Waals surface area contributed by atoms with Crippen molar-refractivity contribution >= 4 is 5.78 Å². The number of benzene rings is 3. The highest BCUT2D eigenvalue weighted by molar-refractivity contribution is 6.03. The van der Waals surface area contributed by atoms with Gasteiger partial charge < -0.3 is 24.1 Å². The summed E-state index contributed by atoms with van der Waals surface area (Å²) in [5.41, 5.74) is 1.66. The highest BCUT2D eigenvalue weighted by atomic mass is 19.1. The van der Waals surface area contributed by atoms with Crippen LogP contribution in [0.25, 0.3) is 5.69 Å². The normalized spacial score (nSPS) is 11.6. The molecule has 3 aromatic carbocycles. The molecule has 0 radical (unpaired) electrons. The van der Waals surface area contributed by atoms with Crippen molar-refractivity contribution in [2.75, 3.05) is 28.4 Å². The number of aromatic nitrogens is 3. The quantitative estimate of drug-likeness (QED) is 0.316. The summed E-state index contributed by atoms with van der Waals surface area (Å²) in [5.74, 6) is 0.0750. The van der Waals surface area contributed by atoms with E-state index in [0.29, 0.717) is 39.9 Å². The molecule has 4 aromatic rings. The topological polar surface area (TPSA) is 105 Å². The largest absolute Gasteiger partial charge is 0.507 e. The molecule has 1 aromatic heterocycles. The van der Waals surface area contributed by atoms with Gasteiger partial charge in [0.25, 0.3) is 0 Å². The standard InChI is InChI=1S/C27H26FN3O6/c1-34-19-9-10-21(23(32)12-19)27(33)22(16-5-7-17(28)8-6-16)11-18-15-31(30-29-18)26-24(36-3)13-20(35-2)14-25(26)37-4/h5-10,12-15,22,32H,11H2,1-4H3. The summed E-state index contributed by atoms with van der Waals surface area (Å²) < 4.78 is 36.6. The number of carbonyl (C=O) groups excluding carboxylic acids is 1. The summed E-state index contributed by atoms with van der Waals surface area (Å²) in [5, 5.41) is 19.0. The van der Waals surface area contributed by atoms with Gasteiger partial charge in [-0.1, -0.05) is 17.3 Å². The number of methoxy groups -OCH3 is 4. The molecule has 0 fully saturated rings. The number of aromatic hydroxyl groups is 1. The number of phenols is 1. The van der Waals surface area contributed by atoms with E-state index in [0.717, 1.165) is 0 Å². The zero-order chi connectivity index (χ0) is 26.5. The fourth-order valence-electron chi connectivity index (χ4n) is 4.01. The second kappa shape index (κ2) is 11.0. The Labute approximate surface area is 213 Å². The van der Waals surface area contributed by atoms with Gasteiger partial charge in [-0.25, -0.2) is 9.07 Å². The van der Waals surface area contributed by atoms with Crippen molar-refractivity contribution in [3.8, 4) is 34.4 Å². The van der Waals surface area contributed by atoms with Gasteiger partial charge in [-0.2, -0.15) is 0 Å². The molecule has 0 aliphatic carbocycles. The third-order valence-corrected chi connectivity index (χ3v) is 5.93. The third-order valence-electron chi connectivity index (χ3n) is 5.93. The van der Waals surface area contributed by atoms with E-state index in [4.69, 9.17) is 18.9 Å². The summed E-state index contributed by atoms with van der Waals surface area (Å²) in [7, 11) is 6.03. The Bertz CT molecular complexity index is 1380. The first-order valence-electron chi connectivity index (χ1n) is 11.3. The smallest absolute Gasteiger partial charge is 0.174 e. The average molecular weight is 508 g/mol. The fraction of sp³-hybridized carbons (Fsp3) is 0.222. The minimum atomic E-state index is -0.773. The molecule has 37 heavy (non-hydrogen) atoms. The Balaban J connectivity index is 1.72. The Morgan fingerprint density at radius 2 is 1.57 bits per heavy atom. The van der Waals surface area contributed by atoms with Crippen molar-refractivity contribution in [2.45, 2.75) is 12.3 Å². The van der Waals surface area contributed by atoms with Gasteiger partial charge in [0, 0.05) is 24.6 Å². The van der Waals surface area contributed by atoms with Crippen LogP contribution in [0.2, 0.25) is 0 Å². The van der Waals surface area contributed by atoms with Crippen LogP contribution in [0.5, 0.6) is 28.7 Å². The maximum Gasteiger partial charge on any atom is 0.174 e. The van der Waals surface area contributed by atoms with Gasteiger partial charge in [-0.3, -0.25) is 4.79 Å². The maximum absolute atomic E-state index is 13.6. The molecule has 1 atom stereocenters. The Morgan fingerprint density at radius 1 is 0.919 bits per heavy atom. The van der Waals surface area contributed by atoms with E-state index in [1.165, 1.54) is 57.4 Å². The van der Waals surface area contributed by atoms with Crippen LogP contribution in [0.4, 0.5) is 4.39 Å². The number of carbonyl (C=O) groups is 1. The van der Waals surface area contributed by atoms with Crippen molar-refractivity contribution in [1.82, 2.24) is 15.0 Å². The lowest BCUT2D eigenvalue weighted by molar-refractivity contribution is 0.0955. The van der Waals surface area contributed by atoms with Crippen molar-refractivity contribution in [3.05, 3.63) is 83.4 Å². The van der Waals surface area contributed by atoms with Crippen molar-refractivity contribution in [1.29, 1.82) is 0 Å². The summed E-state index contributed by atoms with van der Waals surface area (Å²) >= 11 is 0. The molecule has 9 nitrogen and oxygen atoms in total.